The molecule has 0 aliphatic heterocycles. The zero-order valence-corrected chi connectivity index (χ0v) is 13.3. The van der Waals surface area contributed by atoms with Crippen LogP contribution < -0.4 is 10.6 Å². The SMILES string of the molecule is Cc1ccc(NC(=O)NCC23CC4CC(CC(C4)C2)C3)cn1. The molecule has 0 unspecified atom stereocenters. The fourth-order valence-corrected chi connectivity index (χ4v) is 5.49. The van der Waals surface area contributed by atoms with Gasteiger partial charge in [-0.05, 0) is 80.8 Å². The third-order valence-electron chi connectivity index (χ3n) is 5.96. The summed E-state index contributed by atoms with van der Waals surface area (Å²) < 4.78 is 0. The fraction of sp³-hybridized carbons (Fsp3) is 0.667. The third-order valence-corrected chi connectivity index (χ3v) is 5.96. The van der Waals surface area contributed by atoms with Crippen molar-refractivity contribution in [1.29, 1.82) is 0 Å². The lowest BCUT2D eigenvalue weighted by Crippen LogP contribution is -2.51. The summed E-state index contributed by atoms with van der Waals surface area (Å²) in [6.45, 7) is 2.78. The van der Waals surface area contributed by atoms with Gasteiger partial charge in [0.05, 0.1) is 11.9 Å². The van der Waals surface area contributed by atoms with Crippen LogP contribution >= 0.6 is 0 Å². The Morgan fingerprint density at radius 1 is 1.18 bits per heavy atom. The van der Waals surface area contributed by atoms with Crippen LogP contribution in [0.2, 0.25) is 0 Å². The maximum absolute atomic E-state index is 12.1. The van der Waals surface area contributed by atoms with Crippen LogP contribution in [0.3, 0.4) is 0 Å². The number of hydrogen-bond donors (Lipinski definition) is 2. The Kier molecular flexibility index (Phi) is 3.35. The summed E-state index contributed by atoms with van der Waals surface area (Å²) in [6.07, 6.45) is 10.0. The molecule has 0 saturated heterocycles. The van der Waals surface area contributed by atoms with E-state index < -0.39 is 0 Å². The smallest absolute Gasteiger partial charge is 0.319 e. The summed E-state index contributed by atoms with van der Waals surface area (Å²) >= 11 is 0. The molecule has 4 bridgehead atoms. The Bertz CT molecular complexity index is 531. The van der Waals surface area contributed by atoms with Crippen molar-refractivity contribution >= 4 is 11.7 Å². The van der Waals surface area contributed by atoms with Crippen molar-refractivity contribution in [1.82, 2.24) is 10.3 Å². The minimum Gasteiger partial charge on any atom is -0.337 e. The van der Waals surface area contributed by atoms with Crippen molar-refractivity contribution < 1.29 is 4.79 Å². The van der Waals surface area contributed by atoms with Crippen LogP contribution in [-0.2, 0) is 0 Å². The normalized spacial score (nSPS) is 35.4. The Morgan fingerprint density at radius 2 is 1.82 bits per heavy atom. The molecule has 1 aromatic rings. The first-order chi connectivity index (χ1) is 10.6. The number of nitrogens with one attached hydrogen (secondary N) is 2. The van der Waals surface area contributed by atoms with Gasteiger partial charge < -0.3 is 10.6 Å². The second-order valence-corrected chi connectivity index (χ2v) is 7.91. The van der Waals surface area contributed by atoms with Gasteiger partial charge in [0.25, 0.3) is 0 Å². The van der Waals surface area contributed by atoms with Crippen molar-refractivity contribution in [2.24, 2.45) is 23.2 Å². The Hall–Kier alpha value is -1.58. The average molecular weight is 299 g/mol. The molecule has 0 aromatic carbocycles. The number of amides is 2. The van der Waals surface area contributed by atoms with E-state index in [1.165, 1.54) is 38.5 Å². The van der Waals surface area contributed by atoms with E-state index in [1.54, 1.807) is 6.20 Å². The molecule has 0 atom stereocenters. The molecule has 2 amide bonds. The monoisotopic (exact) mass is 299 g/mol. The highest BCUT2D eigenvalue weighted by Gasteiger charge is 2.50. The van der Waals surface area contributed by atoms with Gasteiger partial charge in [0.2, 0.25) is 0 Å². The Labute approximate surface area is 132 Å². The summed E-state index contributed by atoms with van der Waals surface area (Å²) in [6, 6.07) is 3.71. The maximum atomic E-state index is 12.1. The number of hydrogen-bond acceptors (Lipinski definition) is 2. The van der Waals surface area contributed by atoms with Crippen LogP contribution in [-0.4, -0.2) is 17.6 Å². The number of aryl methyl sites for hydroxylation is 1. The minimum absolute atomic E-state index is 0.0959. The molecule has 4 aliphatic carbocycles. The molecule has 22 heavy (non-hydrogen) atoms. The standard InChI is InChI=1S/C18H25N3O/c1-12-2-3-16(10-19-12)21-17(22)20-11-18-7-13-4-14(8-18)6-15(5-13)9-18/h2-3,10,13-15H,4-9,11H2,1H3,(H2,20,21,22). The predicted molar refractivity (Wildman–Crippen MR) is 86.6 cm³/mol. The van der Waals surface area contributed by atoms with Crippen LogP contribution in [0.15, 0.2) is 18.3 Å². The van der Waals surface area contributed by atoms with Crippen LogP contribution in [0.1, 0.15) is 44.2 Å². The first-order valence-electron chi connectivity index (χ1n) is 8.58. The number of urea groups is 1. The van der Waals surface area contributed by atoms with Crippen LogP contribution in [0.25, 0.3) is 0 Å². The van der Waals surface area contributed by atoms with Gasteiger partial charge in [0.15, 0.2) is 0 Å². The molecule has 5 rings (SSSR count). The quantitative estimate of drug-likeness (QED) is 0.893. The van der Waals surface area contributed by atoms with Gasteiger partial charge >= 0.3 is 6.03 Å². The van der Waals surface area contributed by atoms with E-state index in [1.807, 2.05) is 19.1 Å². The van der Waals surface area contributed by atoms with Crippen molar-refractivity contribution in [2.75, 3.05) is 11.9 Å². The number of aromatic nitrogens is 1. The van der Waals surface area contributed by atoms with Gasteiger partial charge in [0.1, 0.15) is 0 Å². The molecule has 2 N–H and O–H groups in total. The molecule has 0 radical (unpaired) electrons. The van der Waals surface area contributed by atoms with E-state index >= 15 is 0 Å². The summed E-state index contributed by atoms with van der Waals surface area (Å²) in [5.74, 6) is 2.78. The lowest BCUT2D eigenvalue weighted by atomic mass is 9.49. The highest BCUT2D eigenvalue weighted by molar-refractivity contribution is 5.89. The van der Waals surface area contributed by atoms with E-state index in [4.69, 9.17) is 0 Å². The number of carbonyl (C=O) groups is 1. The lowest BCUT2D eigenvalue weighted by Gasteiger charge is -2.56. The summed E-state index contributed by atoms with van der Waals surface area (Å²) in [4.78, 5) is 16.3. The van der Waals surface area contributed by atoms with Gasteiger partial charge in [-0.25, -0.2) is 4.79 Å². The first-order valence-corrected chi connectivity index (χ1v) is 8.58. The molecule has 4 fully saturated rings. The van der Waals surface area contributed by atoms with Gasteiger partial charge in [-0.15, -0.1) is 0 Å². The number of nitrogens with zero attached hydrogens (tertiary/aromatic N) is 1. The molecule has 4 aliphatic rings. The van der Waals surface area contributed by atoms with E-state index in [2.05, 4.69) is 15.6 Å². The van der Waals surface area contributed by atoms with E-state index in [0.29, 0.717) is 5.41 Å². The molecular weight excluding hydrogens is 274 g/mol. The largest absolute Gasteiger partial charge is 0.337 e. The summed E-state index contributed by atoms with van der Waals surface area (Å²) in [5, 5.41) is 6.01. The number of anilines is 1. The number of rotatable bonds is 3. The maximum Gasteiger partial charge on any atom is 0.319 e. The van der Waals surface area contributed by atoms with Crippen LogP contribution in [0.5, 0.6) is 0 Å². The van der Waals surface area contributed by atoms with Crippen LogP contribution in [0.4, 0.5) is 10.5 Å². The van der Waals surface area contributed by atoms with Crippen molar-refractivity contribution in [2.45, 2.75) is 45.4 Å². The van der Waals surface area contributed by atoms with E-state index in [0.717, 1.165) is 35.7 Å². The van der Waals surface area contributed by atoms with Gasteiger partial charge in [0, 0.05) is 12.2 Å². The van der Waals surface area contributed by atoms with Crippen molar-refractivity contribution in [3.63, 3.8) is 0 Å². The van der Waals surface area contributed by atoms with Crippen molar-refractivity contribution in [3.8, 4) is 0 Å². The molecule has 118 valence electrons. The number of pyridine rings is 1. The zero-order valence-electron chi connectivity index (χ0n) is 13.3. The Balaban J connectivity index is 1.34. The minimum atomic E-state index is -0.0959. The topological polar surface area (TPSA) is 54.0 Å². The van der Waals surface area contributed by atoms with E-state index in [-0.39, 0.29) is 6.03 Å². The second-order valence-electron chi connectivity index (χ2n) is 7.91. The number of carbonyl (C=O) groups excluding carboxylic acids is 1. The molecule has 4 nitrogen and oxygen atoms in total. The highest BCUT2D eigenvalue weighted by Crippen LogP contribution is 2.59. The van der Waals surface area contributed by atoms with Crippen molar-refractivity contribution in [3.05, 3.63) is 24.0 Å². The van der Waals surface area contributed by atoms with Gasteiger partial charge in [-0.1, -0.05) is 0 Å². The molecular formula is C18H25N3O. The fourth-order valence-electron chi connectivity index (χ4n) is 5.49. The summed E-state index contributed by atoms with van der Waals surface area (Å²) in [5.41, 5.74) is 2.10. The highest BCUT2D eigenvalue weighted by atomic mass is 16.2. The second kappa shape index (κ2) is 5.25. The summed E-state index contributed by atoms with van der Waals surface area (Å²) in [7, 11) is 0. The lowest BCUT2D eigenvalue weighted by molar-refractivity contribution is -0.0496. The molecule has 4 heteroatoms. The molecule has 0 spiro atoms. The van der Waals surface area contributed by atoms with Gasteiger partial charge in [-0.3, -0.25) is 4.98 Å². The third kappa shape index (κ3) is 2.71. The molecule has 1 heterocycles. The first kappa shape index (κ1) is 14.0. The average Bonchev–Trinajstić information content (AvgIpc) is 2.46. The van der Waals surface area contributed by atoms with E-state index in [9.17, 15) is 4.79 Å². The predicted octanol–water partition coefficient (Wildman–Crippen LogP) is 3.73. The van der Waals surface area contributed by atoms with Gasteiger partial charge in [-0.2, -0.15) is 0 Å². The molecule has 1 aromatic heterocycles. The zero-order chi connectivity index (χ0) is 15.2. The Morgan fingerprint density at radius 3 is 2.36 bits per heavy atom. The molecule has 4 saturated carbocycles. The van der Waals surface area contributed by atoms with Crippen LogP contribution in [0, 0.1) is 30.1 Å².